The van der Waals surface area contributed by atoms with Gasteiger partial charge in [-0.15, -0.1) is 0 Å². The van der Waals surface area contributed by atoms with Crippen molar-refractivity contribution < 1.29 is 4.79 Å². The molecule has 1 fully saturated rings. The summed E-state index contributed by atoms with van der Waals surface area (Å²) >= 11 is 7.79. The van der Waals surface area contributed by atoms with Gasteiger partial charge >= 0.3 is 6.03 Å². The van der Waals surface area contributed by atoms with Crippen molar-refractivity contribution in [3.63, 3.8) is 0 Å². The third kappa shape index (κ3) is 4.05. The van der Waals surface area contributed by atoms with Crippen molar-refractivity contribution in [2.75, 3.05) is 24.6 Å². The van der Waals surface area contributed by atoms with E-state index in [2.05, 4.69) is 12.2 Å². The molecular weight excluding hydrogens is 280 g/mol. The number of hydrogen-bond acceptors (Lipinski definition) is 2. The van der Waals surface area contributed by atoms with E-state index < -0.39 is 0 Å². The summed E-state index contributed by atoms with van der Waals surface area (Å²) in [6, 6.07) is 7.78. The molecule has 1 aromatic rings. The molecule has 3 nitrogen and oxygen atoms in total. The van der Waals surface area contributed by atoms with Crippen LogP contribution in [0.5, 0.6) is 0 Å². The zero-order valence-electron chi connectivity index (χ0n) is 11.1. The smallest absolute Gasteiger partial charge is 0.317 e. The van der Waals surface area contributed by atoms with Gasteiger partial charge in [0.2, 0.25) is 0 Å². The average Bonchev–Trinajstić information content (AvgIpc) is 2.46. The summed E-state index contributed by atoms with van der Waals surface area (Å²) in [5.74, 6) is 2.07. The second kappa shape index (κ2) is 7.06. The maximum Gasteiger partial charge on any atom is 0.317 e. The zero-order chi connectivity index (χ0) is 13.7. The Labute approximate surface area is 123 Å². The summed E-state index contributed by atoms with van der Waals surface area (Å²) in [6.07, 6.45) is 0.871. The van der Waals surface area contributed by atoms with E-state index in [0.717, 1.165) is 41.6 Å². The van der Waals surface area contributed by atoms with Gasteiger partial charge in [0.15, 0.2) is 0 Å². The molecule has 0 aliphatic carbocycles. The number of carbonyl (C=O) groups is 1. The molecule has 104 valence electrons. The minimum absolute atomic E-state index is 0.0436. The van der Waals surface area contributed by atoms with Gasteiger partial charge in [-0.05, 0) is 24.1 Å². The second-order valence-electron chi connectivity index (χ2n) is 4.56. The standard InChI is InChI=1S/C14H19ClN2OS/c1-2-13(11-3-5-12(15)6-4-11)16-14(18)17-7-9-19-10-8-17/h3-6,13H,2,7-10H2,1H3,(H,16,18). The number of thioether (sulfide) groups is 1. The minimum atomic E-state index is 0.0436. The summed E-state index contributed by atoms with van der Waals surface area (Å²) in [4.78, 5) is 14.1. The molecule has 1 unspecified atom stereocenters. The number of nitrogens with one attached hydrogen (secondary N) is 1. The Bertz CT molecular complexity index is 418. The van der Waals surface area contributed by atoms with E-state index in [1.54, 1.807) is 0 Å². The van der Waals surface area contributed by atoms with Crippen LogP contribution < -0.4 is 5.32 Å². The van der Waals surface area contributed by atoms with Gasteiger partial charge in [-0.3, -0.25) is 0 Å². The van der Waals surface area contributed by atoms with Gasteiger partial charge in [-0.1, -0.05) is 30.7 Å². The van der Waals surface area contributed by atoms with E-state index in [9.17, 15) is 4.79 Å². The molecule has 5 heteroatoms. The molecular formula is C14H19ClN2OS. The van der Waals surface area contributed by atoms with Crippen LogP contribution >= 0.6 is 23.4 Å². The second-order valence-corrected chi connectivity index (χ2v) is 6.22. The zero-order valence-corrected chi connectivity index (χ0v) is 12.6. The van der Waals surface area contributed by atoms with Crippen molar-refractivity contribution in [1.82, 2.24) is 10.2 Å². The number of nitrogens with zero attached hydrogens (tertiary/aromatic N) is 1. The third-order valence-electron chi connectivity index (χ3n) is 3.28. The van der Waals surface area contributed by atoms with Crippen molar-refractivity contribution in [2.45, 2.75) is 19.4 Å². The molecule has 0 bridgehead atoms. The highest BCUT2D eigenvalue weighted by molar-refractivity contribution is 7.99. The van der Waals surface area contributed by atoms with Crippen LogP contribution in [0.15, 0.2) is 24.3 Å². The molecule has 1 aliphatic heterocycles. The van der Waals surface area contributed by atoms with Gasteiger partial charge in [-0.25, -0.2) is 4.79 Å². The number of amides is 2. The van der Waals surface area contributed by atoms with Gasteiger partial charge in [0.1, 0.15) is 0 Å². The van der Waals surface area contributed by atoms with E-state index in [1.807, 2.05) is 40.9 Å². The van der Waals surface area contributed by atoms with Crippen LogP contribution in [0.2, 0.25) is 5.02 Å². The van der Waals surface area contributed by atoms with Gasteiger partial charge in [0.05, 0.1) is 6.04 Å². The van der Waals surface area contributed by atoms with Crippen LogP contribution in [-0.2, 0) is 0 Å². The molecule has 1 aromatic carbocycles. The quantitative estimate of drug-likeness (QED) is 0.925. The lowest BCUT2D eigenvalue weighted by Crippen LogP contribution is -2.45. The van der Waals surface area contributed by atoms with Crippen LogP contribution in [0.25, 0.3) is 0 Å². The molecule has 0 aromatic heterocycles. The number of rotatable bonds is 3. The molecule has 2 rings (SSSR count). The number of halogens is 1. The number of hydrogen-bond donors (Lipinski definition) is 1. The largest absolute Gasteiger partial charge is 0.331 e. The number of urea groups is 1. The van der Waals surface area contributed by atoms with Crippen molar-refractivity contribution in [1.29, 1.82) is 0 Å². The summed E-state index contributed by atoms with van der Waals surface area (Å²) in [7, 11) is 0. The lowest BCUT2D eigenvalue weighted by atomic mass is 10.1. The summed E-state index contributed by atoms with van der Waals surface area (Å²) < 4.78 is 0. The monoisotopic (exact) mass is 298 g/mol. The summed E-state index contributed by atoms with van der Waals surface area (Å²) in [6.45, 7) is 3.76. The molecule has 0 spiro atoms. The molecule has 1 heterocycles. The van der Waals surface area contributed by atoms with E-state index in [-0.39, 0.29) is 12.1 Å². The molecule has 1 atom stereocenters. The van der Waals surface area contributed by atoms with E-state index in [0.29, 0.717) is 0 Å². The van der Waals surface area contributed by atoms with E-state index >= 15 is 0 Å². The number of carbonyl (C=O) groups excluding carboxylic acids is 1. The van der Waals surface area contributed by atoms with Crippen LogP contribution in [0, 0.1) is 0 Å². The normalized spacial score (nSPS) is 17.1. The maximum atomic E-state index is 12.2. The summed E-state index contributed by atoms with van der Waals surface area (Å²) in [5.41, 5.74) is 1.10. The molecule has 2 amide bonds. The highest BCUT2D eigenvalue weighted by Crippen LogP contribution is 2.20. The van der Waals surface area contributed by atoms with Gasteiger partial charge in [0, 0.05) is 29.6 Å². The average molecular weight is 299 g/mol. The molecule has 1 saturated heterocycles. The van der Waals surface area contributed by atoms with Gasteiger partial charge in [-0.2, -0.15) is 11.8 Å². The van der Waals surface area contributed by atoms with Gasteiger partial charge < -0.3 is 10.2 Å². The first-order valence-corrected chi connectivity index (χ1v) is 8.12. The highest BCUT2D eigenvalue weighted by Gasteiger charge is 2.19. The lowest BCUT2D eigenvalue weighted by Gasteiger charge is -2.29. The van der Waals surface area contributed by atoms with Crippen molar-refractivity contribution >= 4 is 29.4 Å². The highest BCUT2D eigenvalue weighted by atomic mass is 35.5. The molecule has 1 N–H and O–H groups in total. The number of benzene rings is 1. The van der Waals surface area contributed by atoms with E-state index in [4.69, 9.17) is 11.6 Å². The fraction of sp³-hybridized carbons (Fsp3) is 0.500. The Morgan fingerprint density at radius 3 is 2.58 bits per heavy atom. The maximum absolute atomic E-state index is 12.2. The fourth-order valence-corrected chi connectivity index (χ4v) is 3.15. The lowest BCUT2D eigenvalue weighted by molar-refractivity contribution is 0.198. The Hall–Kier alpha value is -0.870. The molecule has 0 saturated carbocycles. The van der Waals surface area contributed by atoms with Crippen LogP contribution in [-0.4, -0.2) is 35.5 Å². The Morgan fingerprint density at radius 2 is 2.00 bits per heavy atom. The first-order valence-electron chi connectivity index (χ1n) is 6.59. The first-order chi connectivity index (χ1) is 9.20. The van der Waals surface area contributed by atoms with Crippen LogP contribution in [0.4, 0.5) is 4.79 Å². The predicted molar refractivity (Wildman–Crippen MR) is 81.9 cm³/mol. The fourth-order valence-electron chi connectivity index (χ4n) is 2.12. The predicted octanol–water partition coefficient (Wildman–Crippen LogP) is 3.55. The molecule has 1 aliphatic rings. The van der Waals surface area contributed by atoms with Gasteiger partial charge in [0.25, 0.3) is 0 Å². The molecule has 0 radical (unpaired) electrons. The first kappa shape index (κ1) is 14.5. The molecule has 19 heavy (non-hydrogen) atoms. The van der Waals surface area contributed by atoms with E-state index in [1.165, 1.54) is 0 Å². The van der Waals surface area contributed by atoms with Crippen molar-refractivity contribution in [3.05, 3.63) is 34.9 Å². The van der Waals surface area contributed by atoms with Crippen LogP contribution in [0.1, 0.15) is 24.9 Å². The van der Waals surface area contributed by atoms with Crippen molar-refractivity contribution in [3.8, 4) is 0 Å². The minimum Gasteiger partial charge on any atom is -0.331 e. The van der Waals surface area contributed by atoms with Crippen molar-refractivity contribution in [2.24, 2.45) is 0 Å². The Balaban J connectivity index is 1.98. The third-order valence-corrected chi connectivity index (χ3v) is 4.47. The van der Waals surface area contributed by atoms with Crippen LogP contribution in [0.3, 0.4) is 0 Å². The topological polar surface area (TPSA) is 32.3 Å². The Kier molecular flexibility index (Phi) is 5.40. The summed E-state index contributed by atoms with van der Waals surface area (Å²) in [5, 5.41) is 3.83. The SMILES string of the molecule is CCC(NC(=O)N1CCSCC1)c1ccc(Cl)cc1. The Morgan fingerprint density at radius 1 is 1.37 bits per heavy atom.